The van der Waals surface area contributed by atoms with Gasteiger partial charge >= 0.3 is 0 Å². The van der Waals surface area contributed by atoms with Crippen molar-refractivity contribution >= 4 is 17.2 Å². The maximum Gasteiger partial charge on any atom is 0.291 e. The van der Waals surface area contributed by atoms with Crippen molar-refractivity contribution in [3.8, 4) is 16.4 Å². The molecule has 4 rings (SSSR count). The molecule has 0 saturated carbocycles. The normalized spacial score (nSPS) is 12.0. The first kappa shape index (κ1) is 20.8. The molecule has 1 aromatic carbocycles. The van der Waals surface area contributed by atoms with Gasteiger partial charge in [-0.25, -0.2) is 14.1 Å². The van der Waals surface area contributed by atoms with E-state index in [4.69, 9.17) is 0 Å². The molecular weight excluding hydrogens is 417 g/mol. The van der Waals surface area contributed by atoms with Crippen LogP contribution in [0.15, 0.2) is 53.9 Å². The zero-order chi connectivity index (χ0) is 22.0. The summed E-state index contributed by atoms with van der Waals surface area (Å²) in [6.45, 7) is 3.67. The van der Waals surface area contributed by atoms with Gasteiger partial charge in [-0.3, -0.25) is 9.78 Å². The fraction of sp³-hybridized carbons (Fsp3) is 0.182. The molecule has 9 heteroatoms. The number of rotatable bonds is 6. The first-order valence-corrected chi connectivity index (χ1v) is 10.5. The summed E-state index contributed by atoms with van der Waals surface area (Å²) in [4.78, 5) is 22.4. The maximum atomic E-state index is 13.8. The second kappa shape index (κ2) is 8.75. The van der Waals surface area contributed by atoms with Crippen molar-refractivity contribution in [3.63, 3.8) is 0 Å². The van der Waals surface area contributed by atoms with Crippen LogP contribution in [0.5, 0.6) is 0 Å². The second-order valence-electron chi connectivity index (χ2n) is 6.96. The Morgan fingerprint density at radius 2 is 2.06 bits per heavy atom. The van der Waals surface area contributed by atoms with Crippen LogP contribution in [0.25, 0.3) is 16.4 Å². The summed E-state index contributed by atoms with van der Waals surface area (Å²) >= 11 is 1.45. The molecule has 0 aliphatic carbocycles. The molecule has 0 radical (unpaired) electrons. The molecule has 0 aliphatic heterocycles. The number of carbonyl (C=O) groups is 1. The van der Waals surface area contributed by atoms with Crippen LogP contribution < -0.4 is 5.32 Å². The third-order valence-corrected chi connectivity index (χ3v) is 5.53. The smallest absolute Gasteiger partial charge is 0.291 e. The number of aromatic nitrogens is 4. The number of nitrogens with one attached hydrogen (secondary N) is 1. The number of thiophene rings is 1. The molecule has 4 aromatic rings. The van der Waals surface area contributed by atoms with Gasteiger partial charge in [0.25, 0.3) is 5.91 Å². The molecule has 7 nitrogen and oxygen atoms in total. The van der Waals surface area contributed by atoms with E-state index in [0.29, 0.717) is 22.9 Å². The number of pyridine rings is 1. The number of hydrogen-bond acceptors (Lipinski definition) is 6. The number of benzene rings is 1. The van der Waals surface area contributed by atoms with E-state index in [9.17, 15) is 14.3 Å². The summed E-state index contributed by atoms with van der Waals surface area (Å²) in [7, 11) is 0. The fourth-order valence-corrected chi connectivity index (χ4v) is 3.87. The molecule has 1 atom stereocenters. The monoisotopic (exact) mass is 437 g/mol. The minimum atomic E-state index is -0.609. The minimum absolute atomic E-state index is 0.0232. The quantitative estimate of drug-likeness (QED) is 0.478. The molecule has 1 amide bonds. The standard InChI is InChI=1S/C22H20FN5O2S/c1-13-18(14(2)29)9-8-16(25-13)12-24-22(30)20-26-21(19-7-4-10-31-19)28(27-20)17-6-3-5-15(23)11-17/h3-11,14,29H,12H2,1-2H3,(H,24,30). The van der Waals surface area contributed by atoms with Gasteiger partial charge in [0.15, 0.2) is 5.82 Å². The highest BCUT2D eigenvalue weighted by Gasteiger charge is 2.20. The van der Waals surface area contributed by atoms with Gasteiger partial charge in [-0.05, 0) is 49.6 Å². The lowest BCUT2D eigenvalue weighted by Crippen LogP contribution is -2.25. The fourth-order valence-electron chi connectivity index (χ4n) is 3.18. The number of hydrogen-bond donors (Lipinski definition) is 2. The molecule has 1 unspecified atom stereocenters. The largest absolute Gasteiger partial charge is 0.389 e. The maximum absolute atomic E-state index is 13.8. The molecule has 158 valence electrons. The molecule has 0 saturated heterocycles. The highest BCUT2D eigenvalue weighted by atomic mass is 32.1. The van der Waals surface area contributed by atoms with Crippen molar-refractivity contribution < 1.29 is 14.3 Å². The van der Waals surface area contributed by atoms with Crippen LogP contribution in [0.2, 0.25) is 0 Å². The van der Waals surface area contributed by atoms with Crippen LogP contribution >= 0.6 is 11.3 Å². The van der Waals surface area contributed by atoms with E-state index in [1.807, 2.05) is 24.4 Å². The van der Waals surface area contributed by atoms with E-state index < -0.39 is 17.8 Å². The zero-order valence-corrected chi connectivity index (χ0v) is 17.7. The highest BCUT2D eigenvalue weighted by molar-refractivity contribution is 7.13. The number of carbonyl (C=O) groups excluding carboxylic acids is 1. The number of amides is 1. The lowest BCUT2D eigenvalue weighted by atomic mass is 10.1. The lowest BCUT2D eigenvalue weighted by Gasteiger charge is -2.10. The van der Waals surface area contributed by atoms with Crippen LogP contribution in [-0.2, 0) is 6.54 Å². The Balaban J connectivity index is 1.59. The summed E-state index contributed by atoms with van der Waals surface area (Å²) in [5.74, 6) is -0.434. The number of halogens is 1. The Bertz CT molecular complexity index is 1220. The van der Waals surface area contributed by atoms with Crippen LogP contribution in [0, 0.1) is 12.7 Å². The van der Waals surface area contributed by atoms with E-state index in [0.717, 1.165) is 10.4 Å². The molecule has 0 aliphatic rings. The Morgan fingerprint density at radius 1 is 1.23 bits per heavy atom. The van der Waals surface area contributed by atoms with Crippen molar-refractivity contribution in [1.29, 1.82) is 0 Å². The molecule has 0 fully saturated rings. The van der Waals surface area contributed by atoms with Gasteiger partial charge in [0.1, 0.15) is 5.82 Å². The summed E-state index contributed by atoms with van der Waals surface area (Å²) < 4.78 is 15.2. The zero-order valence-electron chi connectivity index (χ0n) is 16.9. The predicted octanol–water partition coefficient (Wildman–Crippen LogP) is 3.82. The Labute approximate surface area is 182 Å². The van der Waals surface area contributed by atoms with Gasteiger partial charge in [-0.15, -0.1) is 16.4 Å². The SMILES string of the molecule is Cc1nc(CNC(=O)c2nc(-c3cccs3)n(-c3cccc(F)c3)n2)ccc1C(C)O. The average Bonchev–Trinajstić information content (AvgIpc) is 3.41. The third-order valence-electron chi connectivity index (χ3n) is 4.67. The Morgan fingerprint density at radius 3 is 2.74 bits per heavy atom. The third kappa shape index (κ3) is 4.52. The van der Waals surface area contributed by atoms with Gasteiger partial charge in [-0.2, -0.15) is 0 Å². The first-order valence-electron chi connectivity index (χ1n) is 9.62. The van der Waals surface area contributed by atoms with Crippen LogP contribution in [-0.4, -0.2) is 30.8 Å². The van der Waals surface area contributed by atoms with Gasteiger partial charge in [0, 0.05) is 11.3 Å². The van der Waals surface area contributed by atoms with Crippen LogP contribution in [0.4, 0.5) is 4.39 Å². The van der Waals surface area contributed by atoms with Gasteiger partial charge < -0.3 is 10.4 Å². The summed E-state index contributed by atoms with van der Waals surface area (Å²) in [6.07, 6.45) is -0.609. The number of aliphatic hydroxyl groups is 1. The van der Waals surface area contributed by atoms with Gasteiger partial charge in [0.2, 0.25) is 5.82 Å². The van der Waals surface area contributed by atoms with E-state index in [1.165, 1.54) is 28.2 Å². The van der Waals surface area contributed by atoms with Crippen molar-refractivity contribution in [2.45, 2.75) is 26.5 Å². The molecule has 3 heterocycles. The average molecular weight is 438 g/mol. The molecule has 2 N–H and O–H groups in total. The first-order chi connectivity index (χ1) is 14.9. The Kier molecular flexibility index (Phi) is 5.88. The van der Waals surface area contributed by atoms with E-state index in [-0.39, 0.29) is 12.4 Å². The van der Waals surface area contributed by atoms with Crippen molar-refractivity contribution in [2.24, 2.45) is 0 Å². The minimum Gasteiger partial charge on any atom is -0.389 e. The Hall–Kier alpha value is -3.43. The van der Waals surface area contributed by atoms with Crippen molar-refractivity contribution in [2.75, 3.05) is 0 Å². The summed E-state index contributed by atoms with van der Waals surface area (Å²) in [5, 5.41) is 18.7. The summed E-state index contributed by atoms with van der Waals surface area (Å²) in [6, 6.07) is 13.2. The second-order valence-corrected chi connectivity index (χ2v) is 7.91. The lowest BCUT2D eigenvalue weighted by molar-refractivity contribution is 0.0940. The van der Waals surface area contributed by atoms with Crippen LogP contribution in [0.1, 0.15) is 40.6 Å². The van der Waals surface area contributed by atoms with E-state index >= 15 is 0 Å². The topological polar surface area (TPSA) is 92.9 Å². The highest BCUT2D eigenvalue weighted by Crippen LogP contribution is 2.26. The number of nitrogens with zero attached hydrogens (tertiary/aromatic N) is 4. The van der Waals surface area contributed by atoms with Crippen molar-refractivity contribution in [3.05, 3.63) is 82.5 Å². The van der Waals surface area contributed by atoms with Gasteiger partial charge in [-0.1, -0.05) is 18.2 Å². The predicted molar refractivity (Wildman–Crippen MR) is 115 cm³/mol. The molecular formula is C22H20FN5O2S. The summed E-state index contributed by atoms with van der Waals surface area (Å²) in [5.41, 5.74) is 2.57. The molecule has 31 heavy (non-hydrogen) atoms. The number of aryl methyl sites for hydroxylation is 1. The molecule has 0 spiro atoms. The molecule has 0 bridgehead atoms. The number of aliphatic hydroxyl groups excluding tert-OH is 1. The molecule has 3 aromatic heterocycles. The van der Waals surface area contributed by atoms with Gasteiger partial charge in [0.05, 0.1) is 28.9 Å². The van der Waals surface area contributed by atoms with E-state index in [1.54, 1.807) is 31.2 Å². The van der Waals surface area contributed by atoms with Crippen molar-refractivity contribution in [1.82, 2.24) is 25.1 Å². The van der Waals surface area contributed by atoms with E-state index in [2.05, 4.69) is 20.4 Å². The van der Waals surface area contributed by atoms with Crippen LogP contribution in [0.3, 0.4) is 0 Å².